The van der Waals surface area contributed by atoms with Gasteiger partial charge in [-0.2, -0.15) is 0 Å². The van der Waals surface area contributed by atoms with Crippen molar-refractivity contribution in [2.24, 2.45) is 0 Å². The molecule has 0 fully saturated rings. The van der Waals surface area contributed by atoms with Crippen molar-refractivity contribution in [3.8, 4) is 0 Å². The molecule has 9 heavy (non-hydrogen) atoms. The lowest BCUT2D eigenvalue weighted by atomic mass is 10.3. The Balaban J connectivity index is 3.73. The molecule has 0 bridgehead atoms. The average molecular weight is 126 g/mol. The fourth-order valence-electron chi connectivity index (χ4n) is 0.287. The van der Waals surface area contributed by atoms with Crippen LogP contribution in [0.2, 0.25) is 0 Å². The van der Waals surface area contributed by atoms with Gasteiger partial charge in [0.25, 0.3) is 5.91 Å². The molecule has 0 aromatic heterocycles. The van der Waals surface area contributed by atoms with Crippen molar-refractivity contribution in [1.82, 2.24) is 10.9 Å². The minimum atomic E-state index is -0.257. The van der Waals surface area contributed by atoms with Gasteiger partial charge in [0.2, 0.25) is 0 Å². The Morgan fingerprint density at radius 3 is 2.56 bits per heavy atom. The summed E-state index contributed by atoms with van der Waals surface area (Å²) in [6, 6.07) is 0. The smallest absolute Gasteiger partial charge is 0.264 e. The molecule has 3 nitrogen and oxygen atoms in total. The van der Waals surface area contributed by atoms with E-state index < -0.39 is 0 Å². The Labute approximate surface area is 54.4 Å². The molecule has 0 aliphatic carbocycles. The van der Waals surface area contributed by atoms with E-state index in [4.69, 9.17) is 0 Å². The molecule has 3 heteroatoms. The molecule has 0 radical (unpaired) electrons. The lowest BCUT2D eigenvalue weighted by molar-refractivity contribution is -0.117. The van der Waals surface area contributed by atoms with E-state index in [1.807, 2.05) is 0 Å². The molecule has 0 aliphatic rings. The highest BCUT2D eigenvalue weighted by Gasteiger charge is 1.97. The predicted molar refractivity (Wildman–Crippen MR) is 36.5 cm³/mol. The first kappa shape index (κ1) is 7.91. The molecule has 0 saturated heterocycles. The van der Waals surface area contributed by atoms with Crippen molar-refractivity contribution in [3.05, 3.63) is 24.8 Å². The van der Waals surface area contributed by atoms with Crippen LogP contribution in [0.15, 0.2) is 24.8 Å². The van der Waals surface area contributed by atoms with Crippen molar-refractivity contribution in [2.45, 2.75) is 0 Å². The molecule has 0 aromatic rings. The minimum absolute atomic E-state index is 0.257. The lowest BCUT2D eigenvalue weighted by Gasteiger charge is -1.99. The van der Waals surface area contributed by atoms with Crippen LogP contribution in [0.25, 0.3) is 0 Å². The Kier molecular flexibility index (Phi) is 3.39. The number of hydrazine groups is 1. The summed E-state index contributed by atoms with van der Waals surface area (Å²) in [6.45, 7) is 6.80. The third-order valence-electron chi connectivity index (χ3n) is 0.777. The van der Waals surface area contributed by atoms with Gasteiger partial charge in [-0.05, 0) is 0 Å². The highest BCUT2D eigenvalue weighted by molar-refractivity contribution is 5.94. The van der Waals surface area contributed by atoms with Gasteiger partial charge in [-0.25, -0.2) is 5.43 Å². The third-order valence-corrected chi connectivity index (χ3v) is 0.777. The quantitative estimate of drug-likeness (QED) is 0.317. The highest BCUT2D eigenvalue weighted by atomic mass is 16.2. The largest absolute Gasteiger partial charge is 0.288 e. The number of carbonyl (C=O) groups is 1. The summed E-state index contributed by atoms with van der Waals surface area (Å²) in [5, 5.41) is 0. The summed E-state index contributed by atoms with van der Waals surface area (Å²) in [7, 11) is 1.61. The third kappa shape index (κ3) is 2.66. The first-order chi connectivity index (χ1) is 4.22. The minimum Gasteiger partial charge on any atom is -0.288 e. The maximum Gasteiger partial charge on any atom is 0.264 e. The molecule has 0 aliphatic heterocycles. The van der Waals surface area contributed by atoms with Crippen LogP contribution >= 0.6 is 0 Å². The van der Waals surface area contributed by atoms with Crippen LogP contribution in [0.4, 0.5) is 0 Å². The van der Waals surface area contributed by atoms with E-state index in [1.54, 1.807) is 7.05 Å². The Hall–Kier alpha value is -1.09. The van der Waals surface area contributed by atoms with Gasteiger partial charge in [0, 0.05) is 12.6 Å². The summed E-state index contributed by atoms with van der Waals surface area (Å²) >= 11 is 0. The fourth-order valence-corrected chi connectivity index (χ4v) is 0.287. The average Bonchev–Trinajstić information content (AvgIpc) is 1.87. The summed E-state index contributed by atoms with van der Waals surface area (Å²) in [5.74, 6) is -0.257. The lowest BCUT2D eigenvalue weighted by Crippen LogP contribution is -2.34. The molecule has 0 heterocycles. The van der Waals surface area contributed by atoms with E-state index in [0.717, 1.165) is 0 Å². The first-order valence-corrected chi connectivity index (χ1v) is 2.50. The van der Waals surface area contributed by atoms with Crippen molar-refractivity contribution >= 4 is 5.91 Å². The van der Waals surface area contributed by atoms with E-state index in [9.17, 15) is 4.79 Å². The number of hydrogen-bond donors (Lipinski definition) is 2. The van der Waals surface area contributed by atoms with Crippen LogP contribution in [0.1, 0.15) is 0 Å². The zero-order valence-corrected chi connectivity index (χ0v) is 5.40. The molecular weight excluding hydrogens is 116 g/mol. The van der Waals surface area contributed by atoms with Crippen LogP contribution in [0.3, 0.4) is 0 Å². The second kappa shape index (κ2) is 3.86. The van der Waals surface area contributed by atoms with Crippen molar-refractivity contribution in [2.75, 3.05) is 7.05 Å². The number of carbonyl (C=O) groups excluding carboxylic acids is 1. The van der Waals surface area contributed by atoms with Crippen molar-refractivity contribution in [1.29, 1.82) is 0 Å². The second-order valence-corrected chi connectivity index (χ2v) is 1.43. The van der Waals surface area contributed by atoms with Crippen LogP contribution in [-0.2, 0) is 4.79 Å². The maximum absolute atomic E-state index is 10.6. The first-order valence-electron chi connectivity index (χ1n) is 2.50. The van der Waals surface area contributed by atoms with Crippen LogP contribution in [0, 0.1) is 0 Å². The van der Waals surface area contributed by atoms with Crippen LogP contribution in [-0.4, -0.2) is 13.0 Å². The Morgan fingerprint density at radius 2 is 2.22 bits per heavy atom. The summed E-state index contributed by atoms with van der Waals surface area (Å²) < 4.78 is 0. The molecule has 0 rings (SSSR count). The van der Waals surface area contributed by atoms with Crippen LogP contribution < -0.4 is 10.9 Å². The molecule has 0 unspecified atom stereocenters. The molecule has 0 saturated carbocycles. The SMILES string of the molecule is C=CC(=C)C(=O)NNC. The molecular formula is C6H10N2O. The zero-order chi connectivity index (χ0) is 7.28. The van der Waals surface area contributed by atoms with E-state index in [0.29, 0.717) is 5.57 Å². The number of rotatable bonds is 3. The van der Waals surface area contributed by atoms with Gasteiger partial charge in [-0.3, -0.25) is 10.2 Å². The Morgan fingerprint density at radius 1 is 1.67 bits per heavy atom. The molecule has 0 aromatic carbocycles. The van der Waals surface area contributed by atoms with E-state index >= 15 is 0 Å². The molecule has 0 spiro atoms. The van der Waals surface area contributed by atoms with Gasteiger partial charge in [-0.1, -0.05) is 19.2 Å². The Bertz CT molecular complexity index is 140. The second-order valence-electron chi connectivity index (χ2n) is 1.43. The van der Waals surface area contributed by atoms with Gasteiger partial charge in [0.15, 0.2) is 0 Å². The summed E-state index contributed by atoms with van der Waals surface area (Å²) in [5.41, 5.74) is 5.16. The normalized spacial score (nSPS) is 8.11. The van der Waals surface area contributed by atoms with E-state index in [1.165, 1.54) is 6.08 Å². The molecule has 2 N–H and O–H groups in total. The molecule has 50 valence electrons. The molecule has 1 amide bonds. The molecule has 0 atom stereocenters. The van der Waals surface area contributed by atoms with Gasteiger partial charge in [0.1, 0.15) is 0 Å². The monoisotopic (exact) mass is 126 g/mol. The van der Waals surface area contributed by atoms with E-state index in [-0.39, 0.29) is 5.91 Å². The number of hydrogen-bond acceptors (Lipinski definition) is 2. The fraction of sp³-hybridized carbons (Fsp3) is 0.167. The maximum atomic E-state index is 10.6. The number of amides is 1. The van der Waals surface area contributed by atoms with Crippen molar-refractivity contribution < 1.29 is 4.79 Å². The van der Waals surface area contributed by atoms with Gasteiger partial charge >= 0.3 is 0 Å². The summed E-state index contributed by atoms with van der Waals surface area (Å²) in [4.78, 5) is 10.6. The highest BCUT2D eigenvalue weighted by Crippen LogP contribution is 1.87. The topological polar surface area (TPSA) is 41.1 Å². The summed E-state index contributed by atoms with van der Waals surface area (Å²) in [6.07, 6.45) is 1.40. The number of nitrogens with one attached hydrogen (secondary N) is 2. The van der Waals surface area contributed by atoms with Gasteiger partial charge < -0.3 is 0 Å². The zero-order valence-electron chi connectivity index (χ0n) is 5.40. The van der Waals surface area contributed by atoms with Crippen LogP contribution in [0.5, 0.6) is 0 Å². The standard InChI is InChI=1S/C6H10N2O/c1-4-5(2)6(9)8-7-3/h4,7H,1-2H2,3H3,(H,8,9). The van der Waals surface area contributed by atoms with Gasteiger partial charge in [-0.15, -0.1) is 0 Å². The van der Waals surface area contributed by atoms with E-state index in [2.05, 4.69) is 24.0 Å². The van der Waals surface area contributed by atoms with Crippen molar-refractivity contribution in [3.63, 3.8) is 0 Å². The predicted octanol–water partition coefficient (Wildman–Crippen LogP) is -0.0208. The van der Waals surface area contributed by atoms with Gasteiger partial charge in [0.05, 0.1) is 0 Å².